The molecule has 1 amide bonds. The van der Waals surface area contributed by atoms with Crippen molar-refractivity contribution >= 4 is 23.3 Å². The minimum absolute atomic E-state index is 0.0161. The lowest BCUT2D eigenvalue weighted by Crippen LogP contribution is -2.50. The van der Waals surface area contributed by atoms with E-state index in [4.69, 9.17) is 16.7 Å². The zero-order valence-electron chi connectivity index (χ0n) is 18.4. The third kappa shape index (κ3) is 4.37. The van der Waals surface area contributed by atoms with Gasteiger partial charge in [-0.1, -0.05) is 25.4 Å². The maximum atomic E-state index is 13.6. The lowest BCUT2D eigenvalue weighted by molar-refractivity contribution is 0.0613. The number of carbonyl (C=O) groups excluding carboxylic acids is 2. The van der Waals surface area contributed by atoms with Gasteiger partial charge in [0.15, 0.2) is 5.78 Å². The molecule has 2 aliphatic rings. The number of nitrogens with zero attached hydrogens (tertiary/aromatic N) is 3. The van der Waals surface area contributed by atoms with E-state index in [9.17, 15) is 14.4 Å². The summed E-state index contributed by atoms with van der Waals surface area (Å²) in [5, 5.41) is 9.67. The summed E-state index contributed by atoms with van der Waals surface area (Å²) in [7, 11) is 0. The van der Waals surface area contributed by atoms with Crippen LogP contribution in [-0.2, 0) is 6.42 Å². The molecule has 1 fully saturated rings. The second-order valence-corrected chi connectivity index (χ2v) is 9.77. The number of aliphatic hydroxyl groups excluding tert-OH is 1. The summed E-state index contributed by atoms with van der Waals surface area (Å²) in [5.74, 6) is -0.414. The number of fused-ring (bicyclic) bond motifs is 1. The molecule has 1 N–H and O–H groups in total. The second kappa shape index (κ2) is 8.81. The molecule has 4 rings (SSSR count). The van der Waals surface area contributed by atoms with E-state index in [0.717, 1.165) is 0 Å². The average Bonchev–Trinajstić information content (AvgIpc) is 2.74. The molecule has 1 saturated heterocycles. The number of piperazine rings is 1. The van der Waals surface area contributed by atoms with Gasteiger partial charge in [-0.2, -0.15) is 0 Å². The molecule has 1 aromatic carbocycles. The molecule has 0 radical (unpaired) electrons. The smallest absolute Gasteiger partial charge is 0.268 e. The highest BCUT2D eigenvalue weighted by molar-refractivity contribution is 6.30. The van der Waals surface area contributed by atoms with Gasteiger partial charge in [0.25, 0.3) is 11.5 Å². The van der Waals surface area contributed by atoms with Gasteiger partial charge in [-0.05, 0) is 42.2 Å². The third-order valence-electron chi connectivity index (χ3n) is 6.28. The van der Waals surface area contributed by atoms with Crippen LogP contribution in [0.1, 0.15) is 46.7 Å². The number of amides is 1. The summed E-state index contributed by atoms with van der Waals surface area (Å²) in [6.45, 7) is 6.86. The Labute approximate surface area is 192 Å². The van der Waals surface area contributed by atoms with Crippen molar-refractivity contribution in [2.75, 3.05) is 39.3 Å². The maximum Gasteiger partial charge on any atom is 0.268 e. The van der Waals surface area contributed by atoms with Gasteiger partial charge < -0.3 is 10.0 Å². The van der Waals surface area contributed by atoms with Crippen molar-refractivity contribution in [3.05, 3.63) is 62.5 Å². The third-order valence-corrected chi connectivity index (χ3v) is 6.53. The van der Waals surface area contributed by atoms with Crippen LogP contribution in [0.25, 0.3) is 5.69 Å². The van der Waals surface area contributed by atoms with Gasteiger partial charge in [-0.3, -0.25) is 23.9 Å². The number of β-amino-alcohol motifs (C(OH)–C–C–N with tert-alkyl or cyclic N) is 1. The van der Waals surface area contributed by atoms with Crippen LogP contribution in [0.15, 0.2) is 35.1 Å². The first-order chi connectivity index (χ1) is 15.2. The van der Waals surface area contributed by atoms with Crippen molar-refractivity contribution in [1.82, 2.24) is 14.4 Å². The summed E-state index contributed by atoms with van der Waals surface area (Å²) in [5.41, 5.74) is 0.994. The number of halogens is 1. The molecule has 0 bridgehead atoms. The Morgan fingerprint density at radius 3 is 2.34 bits per heavy atom. The molecule has 1 aliphatic heterocycles. The van der Waals surface area contributed by atoms with Crippen molar-refractivity contribution in [3.63, 3.8) is 0 Å². The second-order valence-electron chi connectivity index (χ2n) is 9.33. The van der Waals surface area contributed by atoms with E-state index < -0.39 is 5.56 Å². The summed E-state index contributed by atoms with van der Waals surface area (Å²) in [6.07, 6.45) is 0.923. The zero-order chi connectivity index (χ0) is 23.0. The number of pyridine rings is 1. The Morgan fingerprint density at radius 1 is 1.06 bits per heavy atom. The molecule has 2 heterocycles. The number of carbonyl (C=O) groups is 2. The molecule has 0 saturated carbocycles. The molecule has 7 nitrogen and oxygen atoms in total. The van der Waals surface area contributed by atoms with Gasteiger partial charge in [-0.25, -0.2) is 0 Å². The number of aliphatic hydroxyl groups is 1. The number of ketones is 1. The Kier molecular flexibility index (Phi) is 6.25. The van der Waals surface area contributed by atoms with Crippen molar-refractivity contribution < 1.29 is 14.7 Å². The van der Waals surface area contributed by atoms with Gasteiger partial charge in [0.05, 0.1) is 6.61 Å². The fraction of sp³-hybridized carbons (Fsp3) is 0.458. The molecule has 170 valence electrons. The molecule has 0 unspecified atom stereocenters. The van der Waals surface area contributed by atoms with Crippen LogP contribution >= 0.6 is 11.6 Å². The Bertz CT molecular complexity index is 1100. The fourth-order valence-corrected chi connectivity index (χ4v) is 4.74. The van der Waals surface area contributed by atoms with E-state index in [1.165, 1.54) is 10.6 Å². The van der Waals surface area contributed by atoms with E-state index in [1.54, 1.807) is 29.2 Å². The van der Waals surface area contributed by atoms with Crippen LogP contribution < -0.4 is 5.56 Å². The predicted octanol–water partition coefficient (Wildman–Crippen LogP) is 2.40. The first-order valence-electron chi connectivity index (χ1n) is 10.9. The molecule has 1 aromatic heterocycles. The lowest BCUT2D eigenvalue weighted by atomic mass is 9.75. The zero-order valence-corrected chi connectivity index (χ0v) is 19.2. The number of Topliss-reactive ketones (excluding diaryl/α,β-unsaturated/α-hetero) is 1. The highest BCUT2D eigenvalue weighted by atomic mass is 35.5. The number of benzene rings is 1. The Morgan fingerprint density at radius 2 is 1.72 bits per heavy atom. The average molecular weight is 458 g/mol. The summed E-state index contributed by atoms with van der Waals surface area (Å²) in [6, 6.07) is 8.36. The standard InChI is InChI=1S/C24H28ClN3O4/c1-24(2)14-20-18(21(30)15-24)13-19(22(31)27-9-7-26(8-10-27)11-12-29)23(32)28(20)17-5-3-16(25)4-6-17/h3-6,13,29H,7-12,14-15H2,1-2H3. The topological polar surface area (TPSA) is 82.9 Å². The normalized spacial score (nSPS) is 18.5. The Balaban J connectivity index is 1.80. The molecule has 8 heteroatoms. The number of hydrogen-bond acceptors (Lipinski definition) is 5. The van der Waals surface area contributed by atoms with Crippen molar-refractivity contribution in [2.24, 2.45) is 5.41 Å². The highest BCUT2D eigenvalue weighted by Crippen LogP contribution is 2.35. The van der Waals surface area contributed by atoms with Crippen LogP contribution in [0, 0.1) is 5.41 Å². The van der Waals surface area contributed by atoms with Crippen LogP contribution in [0.3, 0.4) is 0 Å². The monoisotopic (exact) mass is 457 g/mol. The van der Waals surface area contributed by atoms with E-state index in [1.807, 2.05) is 13.8 Å². The first-order valence-corrected chi connectivity index (χ1v) is 11.3. The maximum absolute atomic E-state index is 13.6. The summed E-state index contributed by atoms with van der Waals surface area (Å²) < 4.78 is 1.51. The number of rotatable bonds is 4. The molecular formula is C24H28ClN3O4. The van der Waals surface area contributed by atoms with Gasteiger partial charge >= 0.3 is 0 Å². The van der Waals surface area contributed by atoms with Gasteiger partial charge in [0.1, 0.15) is 5.56 Å². The SMILES string of the molecule is CC1(C)CC(=O)c2cc(C(=O)N3CCN(CCO)CC3)c(=O)n(-c3ccc(Cl)cc3)c2C1. The highest BCUT2D eigenvalue weighted by Gasteiger charge is 2.36. The van der Waals surface area contributed by atoms with E-state index in [0.29, 0.717) is 67.5 Å². The van der Waals surface area contributed by atoms with Gasteiger partial charge in [-0.15, -0.1) is 0 Å². The first kappa shape index (κ1) is 22.7. The lowest BCUT2D eigenvalue weighted by Gasteiger charge is -2.35. The number of aromatic nitrogens is 1. The van der Waals surface area contributed by atoms with E-state index in [2.05, 4.69) is 4.90 Å². The van der Waals surface area contributed by atoms with Crippen molar-refractivity contribution in [1.29, 1.82) is 0 Å². The number of hydrogen-bond donors (Lipinski definition) is 1. The van der Waals surface area contributed by atoms with Crippen LogP contribution in [0.5, 0.6) is 0 Å². The minimum atomic E-state index is -0.417. The summed E-state index contributed by atoms with van der Waals surface area (Å²) >= 11 is 6.05. The predicted molar refractivity (Wildman–Crippen MR) is 123 cm³/mol. The molecular weight excluding hydrogens is 430 g/mol. The molecule has 0 spiro atoms. The van der Waals surface area contributed by atoms with Gasteiger partial charge in [0, 0.05) is 61.1 Å². The molecule has 1 aliphatic carbocycles. The van der Waals surface area contributed by atoms with E-state index in [-0.39, 0.29) is 29.3 Å². The fourth-order valence-electron chi connectivity index (χ4n) is 4.62. The quantitative estimate of drug-likeness (QED) is 0.762. The van der Waals surface area contributed by atoms with Crippen LogP contribution in [0.2, 0.25) is 5.02 Å². The van der Waals surface area contributed by atoms with Gasteiger partial charge in [0.2, 0.25) is 0 Å². The van der Waals surface area contributed by atoms with E-state index >= 15 is 0 Å². The molecule has 2 aromatic rings. The molecule has 32 heavy (non-hydrogen) atoms. The molecule has 0 atom stereocenters. The summed E-state index contributed by atoms with van der Waals surface area (Å²) in [4.78, 5) is 43.7. The largest absolute Gasteiger partial charge is 0.395 e. The van der Waals surface area contributed by atoms with Crippen molar-refractivity contribution in [3.8, 4) is 5.69 Å². The van der Waals surface area contributed by atoms with Crippen LogP contribution in [-0.4, -0.2) is 70.5 Å². The van der Waals surface area contributed by atoms with Crippen LogP contribution in [0.4, 0.5) is 0 Å². The minimum Gasteiger partial charge on any atom is -0.395 e. The van der Waals surface area contributed by atoms with Crippen molar-refractivity contribution in [2.45, 2.75) is 26.7 Å². The Hall–Kier alpha value is -2.48.